The van der Waals surface area contributed by atoms with Gasteiger partial charge in [0.2, 0.25) is 5.91 Å². The summed E-state index contributed by atoms with van der Waals surface area (Å²) in [5.74, 6) is -0.169. The van der Waals surface area contributed by atoms with Gasteiger partial charge in [-0.1, -0.05) is 36.9 Å². The molecule has 0 heterocycles. The lowest BCUT2D eigenvalue weighted by atomic mass is 10.1. The molecule has 5 heteroatoms. The highest BCUT2D eigenvalue weighted by molar-refractivity contribution is 8.14. The highest BCUT2D eigenvalue weighted by atomic mass is 32.2. The lowest BCUT2D eigenvalue weighted by molar-refractivity contribution is -0.113. The van der Waals surface area contributed by atoms with E-state index in [2.05, 4.69) is 5.32 Å². The number of hydrogen-bond acceptors (Lipinski definition) is 3. The third-order valence-electron chi connectivity index (χ3n) is 2.02. The van der Waals surface area contributed by atoms with Crippen molar-refractivity contribution in [2.75, 3.05) is 11.1 Å². The van der Waals surface area contributed by atoms with E-state index in [4.69, 9.17) is 5.73 Å². The summed E-state index contributed by atoms with van der Waals surface area (Å²) >= 11 is 0.799. The summed E-state index contributed by atoms with van der Waals surface area (Å²) in [7, 11) is 0. The molecule has 0 saturated carbocycles. The van der Waals surface area contributed by atoms with Gasteiger partial charge in [-0.3, -0.25) is 9.59 Å². The number of nitrogens with one attached hydrogen (secondary N) is 1. The molecule has 0 aliphatic carbocycles. The lowest BCUT2D eigenvalue weighted by Gasteiger charge is -2.08. The molecule has 0 saturated heterocycles. The number of nitrogens with two attached hydrogens (primary N) is 1. The van der Waals surface area contributed by atoms with Gasteiger partial charge in [-0.2, -0.15) is 0 Å². The summed E-state index contributed by atoms with van der Waals surface area (Å²) in [5.41, 5.74) is 6.80. The van der Waals surface area contributed by atoms with Gasteiger partial charge in [0.25, 0.3) is 5.24 Å². The average molecular weight is 238 g/mol. The normalized spacial score (nSPS) is 9.81. The van der Waals surface area contributed by atoms with Crippen LogP contribution in [0.1, 0.15) is 12.5 Å². The zero-order valence-electron chi connectivity index (χ0n) is 9.03. The molecule has 2 amide bonds. The quantitative estimate of drug-likeness (QED) is 0.842. The minimum atomic E-state index is -0.543. The minimum Gasteiger partial charge on any atom is -0.361 e. The Balaban J connectivity index is 2.58. The molecular formula is C11H14N2O2S. The van der Waals surface area contributed by atoms with Crippen LogP contribution in [0.15, 0.2) is 24.3 Å². The maximum absolute atomic E-state index is 11.4. The van der Waals surface area contributed by atoms with Crippen molar-refractivity contribution >= 4 is 28.6 Å². The fraction of sp³-hybridized carbons (Fsp3) is 0.273. The van der Waals surface area contributed by atoms with Gasteiger partial charge in [0.05, 0.1) is 5.75 Å². The molecule has 0 aliphatic rings. The molecular weight excluding hydrogens is 224 g/mol. The molecule has 1 rings (SSSR count). The number of hydrogen-bond donors (Lipinski definition) is 2. The smallest absolute Gasteiger partial charge is 0.276 e. The molecule has 0 fully saturated rings. The second-order valence-electron chi connectivity index (χ2n) is 3.17. The fourth-order valence-electron chi connectivity index (χ4n) is 1.27. The number of benzene rings is 1. The fourth-order valence-corrected chi connectivity index (χ4v) is 1.62. The Labute approximate surface area is 98.6 Å². The van der Waals surface area contributed by atoms with Crippen LogP contribution in [0.25, 0.3) is 0 Å². The molecule has 86 valence electrons. The molecule has 0 bridgehead atoms. The van der Waals surface area contributed by atoms with Crippen LogP contribution in [0.2, 0.25) is 0 Å². The van der Waals surface area contributed by atoms with E-state index in [9.17, 15) is 9.59 Å². The van der Waals surface area contributed by atoms with Gasteiger partial charge >= 0.3 is 0 Å². The van der Waals surface area contributed by atoms with Gasteiger partial charge in [0.15, 0.2) is 0 Å². The predicted molar refractivity (Wildman–Crippen MR) is 66.5 cm³/mol. The molecule has 0 atom stereocenters. The van der Waals surface area contributed by atoms with E-state index in [-0.39, 0.29) is 11.7 Å². The number of para-hydroxylation sites is 1. The minimum absolute atomic E-state index is 0.0490. The largest absolute Gasteiger partial charge is 0.361 e. The Morgan fingerprint density at radius 3 is 2.69 bits per heavy atom. The topological polar surface area (TPSA) is 72.2 Å². The number of thioether (sulfide) groups is 1. The molecule has 16 heavy (non-hydrogen) atoms. The highest BCUT2D eigenvalue weighted by Crippen LogP contribution is 2.15. The van der Waals surface area contributed by atoms with Crippen LogP contribution in [0.4, 0.5) is 10.5 Å². The standard InChI is InChI=1S/C11H14N2O2S/c1-2-8-5-3-4-6-9(8)13-10(14)7-16-11(12)15/h3-6H,2,7H2,1H3,(H2,12,15)(H,13,14). The van der Waals surface area contributed by atoms with E-state index in [0.717, 1.165) is 29.4 Å². The van der Waals surface area contributed by atoms with Crippen LogP contribution in [0.3, 0.4) is 0 Å². The van der Waals surface area contributed by atoms with Crippen molar-refractivity contribution in [1.29, 1.82) is 0 Å². The van der Waals surface area contributed by atoms with Crippen LogP contribution >= 0.6 is 11.8 Å². The van der Waals surface area contributed by atoms with Crippen molar-refractivity contribution in [3.05, 3.63) is 29.8 Å². The molecule has 0 aromatic heterocycles. The highest BCUT2D eigenvalue weighted by Gasteiger charge is 2.07. The van der Waals surface area contributed by atoms with E-state index in [1.807, 2.05) is 31.2 Å². The predicted octanol–water partition coefficient (Wildman–Crippen LogP) is 2.00. The molecule has 0 unspecified atom stereocenters. The average Bonchev–Trinajstić information content (AvgIpc) is 2.27. The van der Waals surface area contributed by atoms with Crippen molar-refractivity contribution in [2.24, 2.45) is 5.73 Å². The van der Waals surface area contributed by atoms with Gasteiger partial charge in [-0.15, -0.1) is 0 Å². The van der Waals surface area contributed by atoms with Crippen molar-refractivity contribution in [3.8, 4) is 0 Å². The summed E-state index contributed by atoms with van der Waals surface area (Å²) in [6.45, 7) is 2.02. The Morgan fingerprint density at radius 2 is 2.06 bits per heavy atom. The second kappa shape index (κ2) is 6.17. The Hall–Kier alpha value is -1.49. The van der Waals surface area contributed by atoms with Crippen LogP contribution in [-0.2, 0) is 11.2 Å². The maximum atomic E-state index is 11.4. The lowest BCUT2D eigenvalue weighted by Crippen LogP contribution is -2.17. The Bertz CT molecular complexity index is 393. The first kappa shape index (κ1) is 12.6. The van der Waals surface area contributed by atoms with E-state index in [0.29, 0.717) is 0 Å². The van der Waals surface area contributed by atoms with Gasteiger partial charge in [0, 0.05) is 5.69 Å². The Kier molecular flexibility index (Phi) is 4.85. The monoisotopic (exact) mass is 238 g/mol. The summed E-state index contributed by atoms with van der Waals surface area (Å²) in [6, 6.07) is 7.57. The number of aryl methyl sites for hydroxylation is 1. The number of rotatable bonds is 4. The third-order valence-corrected chi connectivity index (χ3v) is 2.71. The van der Waals surface area contributed by atoms with E-state index in [1.165, 1.54) is 0 Å². The van der Waals surface area contributed by atoms with Crippen LogP contribution in [-0.4, -0.2) is 16.9 Å². The van der Waals surface area contributed by atoms with Crippen molar-refractivity contribution in [1.82, 2.24) is 0 Å². The first-order valence-corrected chi connectivity index (χ1v) is 5.92. The zero-order chi connectivity index (χ0) is 12.0. The summed E-state index contributed by atoms with van der Waals surface area (Å²) in [5, 5.41) is 2.21. The van der Waals surface area contributed by atoms with Crippen LogP contribution in [0, 0.1) is 0 Å². The van der Waals surface area contributed by atoms with Gasteiger partial charge in [-0.05, 0) is 18.1 Å². The van der Waals surface area contributed by atoms with Crippen molar-refractivity contribution < 1.29 is 9.59 Å². The zero-order valence-corrected chi connectivity index (χ0v) is 9.84. The number of primary amides is 1. The van der Waals surface area contributed by atoms with E-state index < -0.39 is 5.24 Å². The Morgan fingerprint density at radius 1 is 1.38 bits per heavy atom. The molecule has 1 aromatic carbocycles. The molecule has 3 N–H and O–H groups in total. The van der Waals surface area contributed by atoms with E-state index in [1.54, 1.807) is 0 Å². The second-order valence-corrected chi connectivity index (χ2v) is 4.15. The molecule has 4 nitrogen and oxygen atoms in total. The number of carbonyl (C=O) groups excluding carboxylic acids is 2. The summed E-state index contributed by atoms with van der Waals surface area (Å²) in [4.78, 5) is 21.9. The molecule has 0 aliphatic heterocycles. The van der Waals surface area contributed by atoms with Gasteiger partial charge in [-0.25, -0.2) is 0 Å². The number of amides is 2. The molecule has 1 aromatic rings. The van der Waals surface area contributed by atoms with Crippen LogP contribution in [0.5, 0.6) is 0 Å². The number of carbonyl (C=O) groups is 2. The molecule has 0 radical (unpaired) electrons. The van der Waals surface area contributed by atoms with Crippen LogP contribution < -0.4 is 11.1 Å². The van der Waals surface area contributed by atoms with Gasteiger partial charge in [0.1, 0.15) is 0 Å². The summed E-state index contributed by atoms with van der Waals surface area (Å²) in [6.07, 6.45) is 0.847. The maximum Gasteiger partial charge on any atom is 0.276 e. The number of anilines is 1. The molecule has 0 spiro atoms. The first-order chi connectivity index (χ1) is 7.63. The SMILES string of the molecule is CCc1ccccc1NC(=O)CSC(N)=O. The first-order valence-electron chi connectivity index (χ1n) is 4.93. The third kappa shape index (κ3) is 3.94. The van der Waals surface area contributed by atoms with Crippen molar-refractivity contribution in [3.63, 3.8) is 0 Å². The van der Waals surface area contributed by atoms with Crippen molar-refractivity contribution in [2.45, 2.75) is 13.3 Å². The van der Waals surface area contributed by atoms with Gasteiger partial charge < -0.3 is 11.1 Å². The summed E-state index contributed by atoms with van der Waals surface area (Å²) < 4.78 is 0. The van der Waals surface area contributed by atoms with E-state index >= 15 is 0 Å².